The number of hydrogen-bond acceptors (Lipinski definition) is 7. The fourth-order valence-corrected chi connectivity index (χ4v) is 6.41. The van der Waals surface area contributed by atoms with Gasteiger partial charge in [0.25, 0.3) is 5.91 Å². The number of nitrogens with one attached hydrogen (secondary N) is 1. The number of amides is 1. The maximum atomic E-state index is 13.1. The molecule has 1 N–H and O–H groups in total. The number of sulfonamides is 1. The van der Waals surface area contributed by atoms with Gasteiger partial charge in [-0.15, -0.1) is 16.8 Å². The van der Waals surface area contributed by atoms with E-state index in [9.17, 15) is 13.2 Å². The number of anilines is 1. The van der Waals surface area contributed by atoms with Crippen LogP contribution in [0.2, 0.25) is 5.02 Å². The van der Waals surface area contributed by atoms with Gasteiger partial charge in [-0.2, -0.15) is 4.31 Å². The topological polar surface area (TPSA) is 92.3 Å². The van der Waals surface area contributed by atoms with Crippen LogP contribution in [0.4, 0.5) is 5.13 Å². The molecule has 1 saturated heterocycles. The number of hydrogen-bond donors (Lipinski definition) is 1. The van der Waals surface area contributed by atoms with Crippen LogP contribution >= 0.6 is 34.7 Å². The van der Waals surface area contributed by atoms with Crippen molar-refractivity contribution < 1.29 is 13.2 Å². The lowest BCUT2D eigenvalue weighted by Gasteiger charge is -2.21. The Labute approximate surface area is 183 Å². The van der Waals surface area contributed by atoms with Gasteiger partial charge in [0.1, 0.15) is 4.90 Å². The molecule has 1 fully saturated rings. The Bertz CT molecular complexity index is 986. The normalized spacial score (nSPS) is 15.6. The first kappa shape index (κ1) is 22.2. The predicted molar refractivity (Wildman–Crippen MR) is 117 cm³/mol. The number of aromatic nitrogens is 2. The van der Waals surface area contributed by atoms with Crippen molar-refractivity contribution in [3.8, 4) is 0 Å². The number of halogens is 1. The molecule has 0 saturated carbocycles. The van der Waals surface area contributed by atoms with Crippen molar-refractivity contribution >= 4 is 55.8 Å². The van der Waals surface area contributed by atoms with Crippen LogP contribution in [-0.4, -0.2) is 47.7 Å². The minimum atomic E-state index is -3.77. The lowest BCUT2D eigenvalue weighted by molar-refractivity contribution is 0.102. The summed E-state index contributed by atoms with van der Waals surface area (Å²) in [6.07, 6.45) is 5.42. The van der Waals surface area contributed by atoms with Crippen molar-refractivity contribution in [2.45, 2.75) is 34.9 Å². The van der Waals surface area contributed by atoms with Gasteiger partial charge in [0, 0.05) is 24.4 Å². The number of carbonyl (C=O) groups excluding carboxylic acids is 1. The van der Waals surface area contributed by atoms with Crippen LogP contribution in [0.3, 0.4) is 0 Å². The molecule has 156 valence electrons. The summed E-state index contributed by atoms with van der Waals surface area (Å²) in [6, 6.07) is 4.26. The molecule has 2 aromatic rings. The quantitative estimate of drug-likeness (QED) is 0.367. The van der Waals surface area contributed by atoms with E-state index in [1.807, 2.05) is 0 Å². The second-order valence-electron chi connectivity index (χ2n) is 6.39. The predicted octanol–water partition coefficient (Wildman–Crippen LogP) is 4.29. The van der Waals surface area contributed by atoms with Crippen molar-refractivity contribution in [2.75, 3.05) is 24.2 Å². The van der Waals surface area contributed by atoms with Gasteiger partial charge in [0.15, 0.2) is 4.34 Å². The smallest absolute Gasteiger partial charge is 0.257 e. The summed E-state index contributed by atoms with van der Waals surface area (Å²) in [4.78, 5) is 12.6. The maximum Gasteiger partial charge on any atom is 0.257 e. The first-order chi connectivity index (χ1) is 13.9. The van der Waals surface area contributed by atoms with Crippen molar-refractivity contribution in [3.05, 3.63) is 41.4 Å². The Kier molecular flexibility index (Phi) is 7.69. The molecule has 11 heteroatoms. The summed E-state index contributed by atoms with van der Waals surface area (Å²) in [6.45, 7) is 4.57. The van der Waals surface area contributed by atoms with Gasteiger partial charge in [0.05, 0.1) is 5.02 Å². The number of carbonyl (C=O) groups is 1. The monoisotopic (exact) mass is 472 g/mol. The number of thioether (sulfide) groups is 1. The van der Waals surface area contributed by atoms with E-state index in [-0.39, 0.29) is 15.5 Å². The molecular formula is C18H21ClN4O3S3. The number of rotatable bonds is 7. The molecule has 29 heavy (non-hydrogen) atoms. The molecule has 0 aliphatic carbocycles. The van der Waals surface area contributed by atoms with Gasteiger partial charge in [0.2, 0.25) is 15.2 Å². The zero-order valence-electron chi connectivity index (χ0n) is 15.6. The van der Waals surface area contributed by atoms with E-state index in [4.69, 9.17) is 11.6 Å². The summed E-state index contributed by atoms with van der Waals surface area (Å²) < 4.78 is 28.3. The Morgan fingerprint density at radius 3 is 2.69 bits per heavy atom. The van der Waals surface area contributed by atoms with E-state index in [1.54, 1.807) is 6.08 Å². The van der Waals surface area contributed by atoms with E-state index in [2.05, 4.69) is 22.1 Å². The largest absolute Gasteiger partial charge is 0.296 e. The SMILES string of the molecule is C=CCSc1nnc(NC(=O)c2ccc(Cl)c(S(=O)(=O)N3CCCCCC3)c2)s1. The number of benzene rings is 1. The third kappa shape index (κ3) is 5.58. The molecule has 0 bridgehead atoms. The van der Waals surface area contributed by atoms with Crippen molar-refractivity contribution in [1.29, 1.82) is 0 Å². The van der Waals surface area contributed by atoms with Crippen LogP contribution in [0.1, 0.15) is 36.0 Å². The molecule has 0 radical (unpaired) electrons. The summed E-state index contributed by atoms with van der Waals surface area (Å²) in [7, 11) is -3.77. The zero-order chi connectivity index (χ0) is 20.9. The molecular weight excluding hydrogens is 452 g/mol. The molecule has 0 unspecified atom stereocenters. The van der Waals surface area contributed by atoms with Crippen LogP contribution in [0.15, 0.2) is 40.1 Å². The summed E-state index contributed by atoms with van der Waals surface area (Å²) in [5, 5.41) is 11.0. The lowest BCUT2D eigenvalue weighted by atomic mass is 10.2. The van der Waals surface area contributed by atoms with E-state index in [0.29, 0.717) is 28.3 Å². The molecule has 1 aliphatic rings. The van der Waals surface area contributed by atoms with E-state index >= 15 is 0 Å². The molecule has 7 nitrogen and oxygen atoms in total. The maximum absolute atomic E-state index is 13.1. The second-order valence-corrected chi connectivity index (χ2v) is 10.9. The van der Waals surface area contributed by atoms with Crippen LogP contribution in [-0.2, 0) is 10.0 Å². The lowest BCUT2D eigenvalue weighted by Crippen LogP contribution is -2.32. The summed E-state index contributed by atoms with van der Waals surface area (Å²) in [5.41, 5.74) is 0.193. The highest BCUT2D eigenvalue weighted by Crippen LogP contribution is 2.29. The van der Waals surface area contributed by atoms with Gasteiger partial charge >= 0.3 is 0 Å². The third-order valence-corrected chi connectivity index (χ3v) is 8.68. The highest BCUT2D eigenvalue weighted by atomic mass is 35.5. The molecule has 0 spiro atoms. The van der Waals surface area contributed by atoms with Gasteiger partial charge in [-0.05, 0) is 31.0 Å². The molecule has 2 heterocycles. The fourth-order valence-electron chi connectivity index (χ4n) is 2.88. The van der Waals surface area contributed by atoms with Crippen LogP contribution < -0.4 is 5.32 Å². The molecule has 1 aliphatic heterocycles. The first-order valence-electron chi connectivity index (χ1n) is 9.10. The minimum absolute atomic E-state index is 0.0480. The molecule has 1 amide bonds. The third-order valence-electron chi connectivity index (χ3n) is 4.33. The highest BCUT2D eigenvalue weighted by molar-refractivity contribution is 8.01. The molecule has 1 aromatic carbocycles. The van der Waals surface area contributed by atoms with E-state index in [0.717, 1.165) is 25.7 Å². The average Bonchev–Trinajstić information content (AvgIpc) is 2.96. The van der Waals surface area contributed by atoms with Crippen LogP contribution in [0.25, 0.3) is 0 Å². The Hall–Kier alpha value is -1.46. The summed E-state index contributed by atoms with van der Waals surface area (Å²) in [5.74, 6) is 0.225. The standard InChI is InChI=1S/C18H21ClN4O3S3/c1-2-11-27-18-22-21-17(28-18)20-16(24)13-7-8-14(19)15(12-13)29(25,26)23-9-5-3-4-6-10-23/h2,7-8,12H,1,3-6,9-11H2,(H,20,21,24). The van der Waals surface area contributed by atoms with Crippen molar-refractivity contribution in [3.63, 3.8) is 0 Å². The number of nitrogens with zero attached hydrogens (tertiary/aromatic N) is 3. The molecule has 1 aromatic heterocycles. The minimum Gasteiger partial charge on any atom is -0.296 e. The average molecular weight is 473 g/mol. The first-order valence-corrected chi connectivity index (χ1v) is 12.7. The zero-order valence-corrected chi connectivity index (χ0v) is 18.8. The van der Waals surface area contributed by atoms with Crippen LogP contribution in [0.5, 0.6) is 0 Å². The highest BCUT2D eigenvalue weighted by Gasteiger charge is 2.28. The summed E-state index contributed by atoms with van der Waals surface area (Å²) >= 11 is 8.89. The van der Waals surface area contributed by atoms with Gasteiger partial charge in [-0.25, -0.2) is 8.42 Å². The Morgan fingerprint density at radius 1 is 1.28 bits per heavy atom. The van der Waals surface area contributed by atoms with Crippen molar-refractivity contribution in [2.24, 2.45) is 0 Å². The van der Waals surface area contributed by atoms with Gasteiger partial charge < -0.3 is 0 Å². The molecule has 0 atom stereocenters. The Morgan fingerprint density at radius 2 is 2.00 bits per heavy atom. The van der Waals surface area contributed by atoms with Crippen LogP contribution in [0, 0.1) is 0 Å². The van der Waals surface area contributed by atoms with Crippen molar-refractivity contribution in [1.82, 2.24) is 14.5 Å². The second kappa shape index (κ2) is 10.0. The fraction of sp³-hybridized carbons (Fsp3) is 0.389. The van der Waals surface area contributed by atoms with E-state index in [1.165, 1.54) is 45.6 Å². The van der Waals surface area contributed by atoms with Gasteiger partial charge in [-0.1, -0.05) is 53.6 Å². The van der Waals surface area contributed by atoms with E-state index < -0.39 is 15.9 Å². The Balaban J connectivity index is 1.79. The molecule has 3 rings (SSSR count). The van der Waals surface area contributed by atoms with Gasteiger partial charge in [-0.3, -0.25) is 10.1 Å².